The zero-order valence-electron chi connectivity index (χ0n) is 12.5. The fourth-order valence-electron chi connectivity index (χ4n) is 3.03. The largest absolute Gasteiger partial charge is 0.281 e. The number of aryl methyl sites for hydroxylation is 3. The second kappa shape index (κ2) is 6.07. The van der Waals surface area contributed by atoms with E-state index >= 15 is 0 Å². The first kappa shape index (κ1) is 16.5. The molecule has 0 amide bonds. The molecule has 1 fully saturated rings. The second-order valence-electron chi connectivity index (χ2n) is 5.71. The Labute approximate surface area is 131 Å². The van der Waals surface area contributed by atoms with Gasteiger partial charge in [0.15, 0.2) is 0 Å². The third-order valence-electron chi connectivity index (χ3n) is 3.98. The third-order valence-corrected chi connectivity index (χ3v) is 6.49. The van der Waals surface area contributed by atoms with Gasteiger partial charge in [-0.2, -0.15) is 4.31 Å². The number of hydrogen-bond acceptors (Lipinski definition) is 3. The van der Waals surface area contributed by atoms with Gasteiger partial charge in [0.1, 0.15) is 0 Å². The maximum absolute atomic E-state index is 12.8. The van der Waals surface area contributed by atoms with Gasteiger partial charge < -0.3 is 0 Å². The summed E-state index contributed by atoms with van der Waals surface area (Å²) < 4.78 is 27.1. The minimum absolute atomic E-state index is 0.224. The molecule has 116 valence electrons. The quantitative estimate of drug-likeness (QED) is 0.801. The molecule has 0 aromatic heterocycles. The molecule has 1 saturated heterocycles. The van der Waals surface area contributed by atoms with Gasteiger partial charge in [-0.1, -0.05) is 17.7 Å². The van der Waals surface area contributed by atoms with Gasteiger partial charge in [-0.05, 0) is 56.3 Å². The Morgan fingerprint density at radius 2 is 1.62 bits per heavy atom. The molecule has 1 aromatic rings. The lowest BCUT2D eigenvalue weighted by Gasteiger charge is -2.30. The number of nitrogens with zero attached hydrogens (tertiary/aromatic N) is 1. The van der Waals surface area contributed by atoms with Gasteiger partial charge in [-0.3, -0.25) is 4.79 Å². The topological polar surface area (TPSA) is 54.5 Å². The molecule has 6 heteroatoms. The molecule has 0 atom stereocenters. The fraction of sp³-hybridized carbons (Fsp3) is 0.533. The van der Waals surface area contributed by atoms with Crippen LogP contribution in [0.5, 0.6) is 0 Å². The molecule has 4 nitrogen and oxygen atoms in total. The third kappa shape index (κ3) is 3.30. The first-order chi connectivity index (χ1) is 9.73. The van der Waals surface area contributed by atoms with Crippen LogP contribution in [0.2, 0.25) is 0 Å². The SMILES string of the molecule is Cc1cc(C)c(S(=O)(=O)N2CCC(C(=O)Cl)CC2)c(C)c1. The number of carbonyl (C=O) groups excluding carboxylic acids is 1. The lowest BCUT2D eigenvalue weighted by atomic mass is 10.00. The Balaban J connectivity index is 2.30. The molecule has 2 rings (SSSR count). The van der Waals surface area contributed by atoms with Gasteiger partial charge in [0, 0.05) is 19.0 Å². The summed E-state index contributed by atoms with van der Waals surface area (Å²) in [6, 6.07) is 3.77. The van der Waals surface area contributed by atoms with E-state index in [0.29, 0.717) is 30.8 Å². The predicted molar refractivity (Wildman–Crippen MR) is 83.0 cm³/mol. The maximum Gasteiger partial charge on any atom is 0.243 e. The lowest BCUT2D eigenvalue weighted by Crippen LogP contribution is -2.40. The van der Waals surface area contributed by atoms with Gasteiger partial charge >= 0.3 is 0 Å². The van der Waals surface area contributed by atoms with Crippen molar-refractivity contribution in [2.45, 2.75) is 38.5 Å². The van der Waals surface area contributed by atoms with E-state index in [2.05, 4.69) is 0 Å². The molecule has 0 aliphatic carbocycles. The number of hydrogen-bond donors (Lipinski definition) is 0. The van der Waals surface area contributed by atoms with E-state index in [0.717, 1.165) is 16.7 Å². The summed E-state index contributed by atoms with van der Waals surface area (Å²) in [4.78, 5) is 11.6. The average Bonchev–Trinajstić information content (AvgIpc) is 2.37. The highest BCUT2D eigenvalue weighted by molar-refractivity contribution is 7.89. The van der Waals surface area contributed by atoms with Gasteiger partial charge in [0.2, 0.25) is 15.3 Å². The normalized spacial score (nSPS) is 17.9. The molecule has 1 heterocycles. The Bertz CT molecular complexity index is 638. The van der Waals surface area contributed by atoms with Crippen molar-refractivity contribution in [3.05, 3.63) is 28.8 Å². The van der Waals surface area contributed by atoms with Crippen LogP contribution in [-0.4, -0.2) is 31.1 Å². The van der Waals surface area contributed by atoms with Gasteiger partial charge in [-0.15, -0.1) is 0 Å². The van der Waals surface area contributed by atoms with Crippen molar-refractivity contribution >= 4 is 26.9 Å². The number of carbonyl (C=O) groups is 1. The standard InChI is InChI=1S/C15H20ClNO3S/c1-10-8-11(2)14(12(3)9-10)21(19,20)17-6-4-13(5-7-17)15(16)18/h8-9,13H,4-7H2,1-3H3. The number of rotatable bonds is 3. The molecule has 21 heavy (non-hydrogen) atoms. The van der Waals surface area contributed by atoms with Crippen molar-refractivity contribution in [3.8, 4) is 0 Å². The Morgan fingerprint density at radius 1 is 1.14 bits per heavy atom. The number of benzene rings is 1. The molecule has 1 aliphatic rings. The summed E-state index contributed by atoms with van der Waals surface area (Å²) in [6.45, 7) is 6.29. The molecular formula is C15H20ClNO3S. The second-order valence-corrected chi connectivity index (χ2v) is 7.96. The molecule has 0 radical (unpaired) electrons. The van der Waals surface area contributed by atoms with E-state index in [1.807, 2.05) is 32.9 Å². The van der Waals surface area contributed by atoms with Gasteiger partial charge in [0.05, 0.1) is 4.90 Å². The van der Waals surface area contributed by atoms with Crippen LogP contribution in [0.25, 0.3) is 0 Å². The van der Waals surface area contributed by atoms with Crippen molar-refractivity contribution in [2.24, 2.45) is 5.92 Å². The molecule has 0 bridgehead atoms. The average molecular weight is 330 g/mol. The van der Waals surface area contributed by atoms with Crippen molar-refractivity contribution in [1.82, 2.24) is 4.31 Å². The van der Waals surface area contributed by atoms with Crippen LogP contribution in [0.4, 0.5) is 0 Å². The highest BCUT2D eigenvalue weighted by atomic mass is 35.5. The molecule has 1 aliphatic heterocycles. The predicted octanol–water partition coefficient (Wildman–Crippen LogP) is 2.78. The Kier molecular flexibility index (Phi) is 4.76. The van der Waals surface area contributed by atoms with Crippen LogP contribution in [-0.2, 0) is 14.8 Å². The fourth-order valence-corrected chi connectivity index (χ4v) is 5.13. The molecule has 0 spiro atoms. The van der Waals surface area contributed by atoms with Gasteiger partial charge in [-0.25, -0.2) is 8.42 Å². The van der Waals surface area contributed by atoms with E-state index < -0.39 is 10.0 Å². The van der Waals surface area contributed by atoms with Crippen molar-refractivity contribution < 1.29 is 13.2 Å². The first-order valence-corrected chi connectivity index (χ1v) is 8.82. The van der Waals surface area contributed by atoms with E-state index in [1.165, 1.54) is 4.31 Å². The van der Waals surface area contributed by atoms with E-state index in [1.54, 1.807) is 0 Å². The molecular weight excluding hydrogens is 310 g/mol. The zero-order valence-corrected chi connectivity index (χ0v) is 14.1. The van der Waals surface area contributed by atoms with Crippen LogP contribution in [0.3, 0.4) is 0 Å². The first-order valence-electron chi connectivity index (χ1n) is 7.01. The van der Waals surface area contributed by atoms with E-state index in [9.17, 15) is 13.2 Å². The minimum atomic E-state index is -3.51. The number of halogens is 1. The molecule has 1 aromatic carbocycles. The summed E-state index contributed by atoms with van der Waals surface area (Å²) in [6.07, 6.45) is 0.983. The van der Waals surface area contributed by atoms with Crippen LogP contribution in [0.1, 0.15) is 29.5 Å². The highest BCUT2D eigenvalue weighted by Crippen LogP contribution is 2.29. The summed E-state index contributed by atoms with van der Waals surface area (Å²) in [5.41, 5.74) is 2.58. The summed E-state index contributed by atoms with van der Waals surface area (Å²) in [5.74, 6) is -0.224. The van der Waals surface area contributed by atoms with Crippen LogP contribution in [0.15, 0.2) is 17.0 Å². The molecule has 0 saturated carbocycles. The van der Waals surface area contributed by atoms with Gasteiger partial charge in [0.25, 0.3) is 0 Å². The highest BCUT2D eigenvalue weighted by Gasteiger charge is 2.33. The minimum Gasteiger partial charge on any atom is -0.281 e. The summed E-state index contributed by atoms with van der Waals surface area (Å²) in [5, 5.41) is -0.366. The molecule has 0 N–H and O–H groups in total. The summed E-state index contributed by atoms with van der Waals surface area (Å²) >= 11 is 5.50. The number of sulfonamides is 1. The monoisotopic (exact) mass is 329 g/mol. The number of piperidine rings is 1. The summed E-state index contributed by atoms with van der Waals surface area (Å²) in [7, 11) is -3.51. The van der Waals surface area contributed by atoms with Crippen LogP contribution >= 0.6 is 11.6 Å². The lowest BCUT2D eigenvalue weighted by molar-refractivity contribution is -0.116. The molecule has 0 unspecified atom stereocenters. The maximum atomic E-state index is 12.8. The Morgan fingerprint density at radius 3 is 2.05 bits per heavy atom. The Hall–Kier alpha value is -0.910. The van der Waals surface area contributed by atoms with E-state index in [-0.39, 0.29) is 11.2 Å². The van der Waals surface area contributed by atoms with Crippen molar-refractivity contribution in [1.29, 1.82) is 0 Å². The van der Waals surface area contributed by atoms with Crippen molar-refractivity contribution in [3.63, 3.8) is 0 Å². The van der Waals surface area contributed by atoms with Crippen molar-refractivity contribution in [2.75, 3.05) is 13.1 Å². The van der Waals surface area contributed by atoms with E-state index in [4.69, 9.17) is 11.6 Å². The van der Waals surface area contributed by atoms with Crippen LogP contribution in [0, 0.1) is 26.7 Å². The van der Waals surface area contributed by atoms with Crippen LogP contribution < -0.4 is 0 Å². The smallest absolute Gasteiger partial charge is 0.243 e. The zero-order chi connectivity index (χ0) is 15.8.